The second-order valence-electron chi connectivity index (χ2n) is 6.92. The van der Waals surface area contributed by atoms with Gasteiger partial charge in [0.1, 0.15) is 12.4 Å². The quantitative estimate of drug-likeness (QED) is 0.206. The highest BCUT2D eigenvalue weighted by Crippen LogP contribution is 2.32. The maximum absolute atomic E-state index is 12.4. The number of thioether (sulfide) groups is 1. The van der Waals surface area contributed by atoms with Gasteiger partial charge in [-0.3, -0.25) is 9.36 Å². The zero-order valence-electron chi connectivity index (χ0n) is 17.5. The number of aryl methyl sites for hydroxylation is 2. The highest BCUT2D eigenvalue weighted by molar-refractivity contribution is 7.99. The lowest BCUT2D eigenvalue weighted by Crippen LogP contribution is -2.15. The monoisotopic (exact) mass is 510 g/mol. The van der Waals surface area contributed by atoms with E-state index in [1.807, 2.05) is 29.7 Å². The third-order valence-corrected chi connectivity index (χ3v) is 6.57. The summed E-state index contributed by atoms with van der Waals surface area (Å²) in [6, 6.07) is 8.91. The third-order valence-electron chi connectivity index (χ3n) is 4.57. The largest absolute Gasteiger partial charge is 0.486 e. The van der Waals surface area contributed by atoms with E-state index in [0.29, 0.717) is 38.3 Å². The molecule has 32 heavy (non-hydrogen) atoms. The molecule has 0 fully saturated rings. The number of ether oxygens (including phenoxy) is 1. The minimum Gasteiger partial charge on any atom is -0.486 e. The van der Waals surface area contributed by atoms with Gasteiger partial charge in [-0.15, -0.1) is 16.8 Å². The van der Waals surface area contributed by atoms with Gasteiger partial charge >= 0.3 is 0 Å². The minimum atomic E-state index is -0.267. The SMILES string of the molecule is C=CCn1c(COc2ccc(C)c(C)c2)nnc1SCC(=O)Nc1cc(Cl)c(Cl)cc1Cl. The number of carbonyl (C=O) groups excluding carboxylic acids is 1. The highest BCUT2D eigenvalue weighted by Gasteiger charge is 2.15. The van der Waals surface area contributed by atoms with Crippen LogP contribution in [-0.2, 0) is 17.9 Å². The third kappa shape index (κ3) is 6.19. The lowest BCUT2D eigenvalue weighted by Gasteiger charge is -2.11. The Morgan fingerprint density at radius 3 is 2.59 bits per heavy atom. The van der Waals surface area contributed by atoms with Gasteiger partial charge in [-0.25, -0.2) is 0 Å². The number of aromatic nitrogens is 3. The molecule has 0 aliphatic heterocycles. The molecule has 1 amide bonds. The van der Waals surface area contributed by atoms with E-state index in [-0.39, 0.29) is 18.3 Å². The van der Waals surface area contributed by atoms with Crippen LogP contribution in [0.2, 0.25) is 15.1 Å². The molecule has 0 bridgehead atoms. The molecule has 1 heterocycles. The van der Waals surface area contributed by atoms with E-state index in [2.05, 4.69) is 29.0 Å². The van der Waals surface area contributed by atoms with Gasteiger partial charge in [-0.1, -0.05) is 58.7 Å². The van der Waals surface area contributed by atoms with Gasteiger partial charge in [0, 0.05) is 6.54 Å². The van der Waals surface area contributed by atoms with E-state index >= 15 is 0 Å². The number of allylic oxidation sites excluding steroid dienone is 1. The van der Waals surface area contributed by atoms with Crippen molar-refractivity contribution in [3.05, 3.63) is 75.0 Å². The van der Waals surface area contributed by atoms with E-state index in [1.54, 1.807) is 6.08 Å². The summed E-state index contributed by atoms with van der Waals surface area (Å²) in [5.41, 5.74) is 2.74. The molecule has 0 saturated heterocycles. The number of hydrogen-bond acceptors (Lipinski definition) is 5. The summed E-state index contributed by atoms with van der Waals surface area (Å²) in [5.74, 6) is 1.23. The molecule has 0 atom stereocenters. The Balaban J connectivity index is 1.64. The average Bonchev–Trinajstić information content (AvgIpc) is 3.13. The molecular weight excluding hydrogens is 491 g/mol. The average molecular weight is 512 g/mol. The minimum absolute atomic E-state index is 0.101. The van der Waals surface area contributed by atoms with Crippen LogP contribution in [0.3, 0.4) is 0 Å². The van der Waals surface area contributed by atoms with Crippen molar-refractivity contribution in [1.29, 1.82) is 0 Å². The van der Waals surface area contributed by atoms with Crippen LogP contribution in [0.25, 0.3) is 0 Å². The van der Waals surface area contributed by atoms with Crippen molar-refractivity contribution >= 4 is 58.2 Å². The maximum atomic E-state index is 12.4. The lowest BCUT2D eigenvalue weighted by molar-refractivity contribution is -0.113. The fourth-order valence-electron chi connectivity index (χ4n) is 2.73. The van der Waals surface area contributed by atoms with Crippen LogP contribution in [0, 0.1) is 13.8 Å². The number of carbonyl (C=O) groups is 1. The summed E-state index contributed by atoms with van der Waals surface area (Å²) < 4.78 is 7.74. The van der Waals surface area contributed by atoms with Gasteiger partial charge < -0.3 is 10.1 Å². The van der Waals surface area contributed by atoms with E-state index in [0.717, 1.165) is 11.3 Å². The van der Waals surface area contributed by atoms with E-state index < -0.39 is 0 Å². The summed E-state index contributed by atoms with van der Waals surface area (Å²) in [6.07, 6.45) is 1.74. The number of rotatable bonds is 9. The Hall–Kier alpha value is -2.19. The summed E-state index contributed by atoms with van der Waals surface area (Å²) in [4.78, 5) is 12.4. The molecule has 168 valence electrons. The topological polar surface area (TPSA) is 69.0 Å². The van der Waals surface area contributed by atoms with Gasteiger partial charge in [0.15, 0.2) is 11.0 Å². The molecule has 2 aromatic carbocycles. The highest BCUT2D eigenvalue weighted by atomic mass is 35.5. The first-order chi connectivity index (χ1) is 15.3. The molecule has 10 heteroatoms. The molecule has 6 nitrogen and oxygen atoms in total. The second kappa shape index (κ2) is 11.1. The molecule has 0 saturated carbocycles. The fraction of sp³-hybridized carbons (Fsp3) is 0.227. The number of halogens is 3. The number of nitrogens with zero attached hydrogens (tertiary/aromatic N) is 3. The second-order valence-corrected chi connectivity index (χ2v) is 9.08. The number of anilines is 1. The van der Waals surface area contributed by atoms with Crippen molar-refractivity contribution in [2.24, 2.45) is 0 Å². The van der Waals surface area contributed by atoms with Gasteiger partial charge in [0.25, 0.3) is 0 Å². The first-order valence-corrected chi connectivity index (χ1v) is 11.7. The fourth-order valence-corrected chi connectivity index (χ4v) is 4.09. The van der Waals surface area contributed by atoms with Crippen molar-refractivity contribution in [1.82, 2.24) is 14.8 Å². The molecule has 0 aliphatic carbocycles. The Morgan fingerprint density at radius 2 is 1.88 bits per heavy atom. The van der Waals surface area contributed by atoms with E-state index in [9.17, 15) is 4.79 Å². The van der Waals surface area contributed by atoms with E-state index in [1.165, 1.54) is 29.5 Å². The summed E-state index contributed by atoms with van der Waals surface area (Å²) in [5, 5.41) is 12.7. The van der Waals surface area contributed by atoms with Crippen molar-refractivity contribution in [2.75, 3.05) is 11.1 Å². The lowest BCUT2D eigenvalue weighted by atomic mass is 10.1. The van der Waals surface area contributed by atoms with Crippen LogP contribution >= 0.6 is 46.6 Å². The van der Waals surface area contributed by atoms with Crippen molar-refractivity contribution in [2.45, 2.75) is 32.2 Å². The molecule has 0 radical (unpaired) electrons. The molecule has 1 N–H and O–H groups in total. The predicted octanol–water partition coefficient (Wildman–Crippen LogP) is 6.35. The summed E-state index contributed by atoms with van der Waals surface area (Å²) in [6.45, 7) is 8.61. The Labute approximate surface area is 205 Å². The van der Waals surface area contributed by atoms with Crippen molar-refractivity contribution in [3.63, 3.8) is 0 Å². The Kier molecular flexibility index (Phi) is 8.48. The van der Waals surface area contributed by atoms with Gasteiger partial charge in [-0.05, 0) is 49.2 Å². The summed E-state index contributed by atoms with van der Waals surface area (Å²) >= 11 is 19.3. The maximum Gasteiger partial charge on any atom is 0.234 e. The van der Waals surface area contributed by atoms with Crippen molar-refractivity contribution < 1.29 is 9.53 Å². The zero-order valence-corrected chi connectivity index (χ0v) is 20.6. The van der Waals surface area contributed by atoms with Crippen LogP contribution in [-0.4, -0.2) is 26.4 Å². The molecule has 0 unspecified atom stereocenters. The molecule has 3 rings (SSSR count). The number of benzene rings is 2. The van der Waals surface area contributed by atoms with Crippen LogP contribution in [0.15, 0.2) is 48.1 Å². The molecular formula is C22H21Cl3N4O2S. The smallest absolute Gasteiger partial charge is 0.234 e. The van der Waals surface area contributed by atoms with Crippen LogP contribution in [0.5, 0.6) is 5.75 Å². The molecule has 0 aliphatic rings. The Bertz CT molecular complexity index is 1150. The molecule has 3 aromatic rings. The van der Waals surface area contributed by atoms with Gasteiger partial charge in [0.2, 0.25) is 5.91 Å². The summed E-state index contributed by atoms with van der Waals surface area (Å²) in [7, 11) is 0. The van der Waals surface area contributed by atoms with E-state index in [4.69, 9.17) is 39.5 Å². The zero-order chi connectivity index (χ0) is 23.3. The number of nitrogens with one attached hydrogen (secondary N) is 1. The number of amides is 1. The number of hydrogen-bond donors (Lipinski definition) is 1. The molecule has 0 spiro atoms. The van der Waals surface area contributed by atoms with Crippen molar-refractivity contribution in [3.8, 4) is 5.75 Å². The van der Waals surface area contributed by atoms with Crippen LogP contribution < -0.4 is 10.1 Å². The first kappa shape index (κ1) is 24.5. The standard InChI is InChI=1S/C22H21Cl3N4O2S/c1-4-7-29-20(11-31-15-6-5-13(2)14(3)8-15)27-28-22(29)32-12-21(30)26-19-10-17(24)16(23)9-18(19)25/h4-6,8-10H,1,7,11-12H2,2-3H3,(H,26,30). The Morgan fingerprint density at radius 1 is 1.12 bits per heavy atom. The van der Waals surface area contributed by atoms with Crippen LogP contribution in [0.1, 0.15) is 17.0 Å². The van der Waals surface area contributed by atoms with Crippen LogP contribution in [0.4, 0.5) is 5.69 Å². The normalized spacial score (nSPS) is 10.8. The first-order valence-electron chi connectivity index (χ1n) is 9.58. The predicted molar refractivity (Wildman–Crippen MR) is 131 cm³/mol. The van der Waals surface area contributed by atoms with Gasteiger partial charge in [0.05, 0.1) is 26.5 Å². The van der Waals surface area contributed by atoms with Gasteiger partial charge in [-0.2, -0.15) is 0 Å². The molecule has 1 aromatic heterocycles.